The molecule has 4 nitrogen and oxygen atoms in total. The van der Waals surface area contributed by atoms with Crippen LogP contribution in [0.1, 0.15) is 46.5 Å². The number of rotatable bonds is 5. The zero-order valence-electron chi connectivity index (χ0n) is 13.6. The van der Waals surface area contributed by atoms with Crippen LogP contribution in [0.3, 0.4) is 0 Å². The Hall–Kier alpha value is -0.730. The molecule has 0 radical (unpaired) electrons. The van der Waals surface area contributed by atoms with Gasteiger partial charge < -0.3 is 16.2 Å². The molecular formula is C18H20Br2N2O2S. The maximum absolute atomic E-state index is 13.0. The van der Waals surface area contributed by atoms with Crippen molar-refractivity contribution in [1.29, 1.82) is 0 Å². The van der Waals surface area contributed by atoms with Crippen molar-refractivity contribution < 1.29 is 9.90 Å². The van der Waals surface area contributed by atoms with Gasteiger partial charge in [-0.3, -0.25) is 4.79 Å². The van der Waals surface area contributed by atoms with Crippen LogP contribution in [0, 0.1) is 0 Å². The Labute approximate surface area is 168 Å². The predicted molar refractivity (Wildman–Crippen MR) is 109 cm³/mol. The van der Waals surface area contributed by atoms with Gasteiger partial charge in [0.25, 0.3) is 0 Å². The number of nitrogens with two attached hydrogens (primary N) is 1. The van der Waals surface area contributed by atoms with E-state index in [1.807, 2.05) is 23.6 Å². The van der Waals surface area contributed by atoms with E-state index in [-0.39, 0.29) is 11.9 Å². The summed E-state index contributed by atoms with van der Waals surface area (Å²) < 4.78 is 1.41. The molecule has 7 heteroatoms. The number of aliphatic hydroxyl groups is 1. The topological polar surface area (TPSA) is 75.3 Å². The molecule has 0 spiro atoms. The molecule has 0 atom stereocenters. The number of carbonyl (C=O) groups is 1. The third-order valence-electron chi connectivity index (χ3n) is 4.59. The van der Waals surface area contributed by atoms with Crippen LogP contribution in [0.25, 0.3) is 0 Å². The first-order valence-corrected chi connectivity index (χ1v) is 10.7. The summed E-state index contributed by atoms with van der Waals surface area (Å²) in [4.78, 5) is 13.7. The average Bonchev–Trinajstić information content (AvgIpc) is 3.13. The maximum atomic E-state index is 13.0. The SMILES string of the molecule is Nc1c(Br)cc(CNC2CCC(O)CC2)c(C(=O)c2cccs2)c1Br. The van der Waals surface area contributed by atoms with Gasteiger partial charge in [0.2, 0.25) is 5.78 Å². The summed E-state index contributed by atoms with van der Waals surface area (Å²) in [5.74, 6) is -0.0167. The molecule has 1 aliphatic carbocycles. The van der Waals surface area contributed by atoms with Crippen LogP contribution >= 0.6 is 43.2 Å². The maximum Gasteiger partial charge on any atom is 0.204 e. The Balaban J connectivity index is 1.86. The fourth-order valence-electron chi connectivity index (χ4n) is 3.13. The summed E-state index contributed by atoms with van der Waals surface area (Å²) in [5, 5.41) is 15.1. The van der Waals surface area contributed by atoms with Gasteiger partial charge in [-0.05, 0) is 80.6 Å². The molecule has 0 amide bonds. The van der Waals surface area contributed by atoms with E-state index in [4.69, 9.17) is 5.73 Å². The highest BCUT2D eigenvalue weighted by Crippen LogP contribution is 2.36. The monoisotopic (exact) mass is 486 g/mol. The summed E-state index contributed by atoms with van der Waals surface area (Å²) in [7, 11) is 0. The van der Waals surface area contributed by atoms with Crippen LogP contribution in [0.4, 0.5) is 5.69 Å². The molecule has 1 aliphatic rings. The van der Waals surface area contributed by atoms with Crippen LogP contribution < -0.4 is 11.1 Å². The number of hydrogen-bond donors (Lipinski definition) is 3. The number of hydrogen-bond acceptors (Lipinski definition) is 5. The Morgan fingerprint density at radius 1 is 1.32 bits per heavy atom. The molecule has 0 unspecified atom stereocenters. The van der Waals surface area contributed by atoms with Crippen molar-refractivity contribution in [1.82, 2.24) is 5.32 Å². The minimum Gasteiger partial charge on any atom is -0.397 e. The van der Waals surface area contributed by atoms with Crippen molar-refractivity contribution in [3.8, 4) is 0 Å². The summed E-state index contributed by atoms with van der Waals surface area (Å²) in [6, 6.07) is 5.99. The normalized spacial score (nSPS) is 20.6. The van der Waals surface area contributed by atoms with E-state index in [0.29, 0.717) is 33.2 Å². The molecule has 4 N–H and O–H groups in total. The quantitative estimate of drug-likeness (QED) is 0.429. The number of thiophene rings is 1. The van der Waals surface area contributed by atoms with Gasteiger partial charge in [0, 0.05) is 22.6 Å². The van der Waals surface area contributed by atoms with E-state index < -0.39 is 0 Å². The summed E-state index contributed by atoms with van der Waals surface area (Å²) >= 11 is 8.42. The van der Waals surface area contributed by atoms with E-state index >= 15 is 0 Å². The molecule has 1 saturated carbocycles. The third-order valence-corrected chi connectivity index (χ3v) is 6.93. The van der Waals surface area contributed by atoms with Crippen molar-refractivity contribution in [3.63, 3.8) is 0 Å². The van der Waals surface area contributed by atoms with Crippen molar-refractivity contribution in [2.45, 2.75) is 44.4 Å². The van der Waals surface area contributed by atoms with Crippen molar-refractivity contribution in [2.75, 3.05) is 5.73 Å². The van der Waals surface area contributed by atoms with Crippen LogP contribution in [0.2, 0.25) is 0 Å². The number of ketones is 1. The van der Waals surface area contributed by atoms with Crippen LogP contribution in [0.15, 0.2) is 32.5 Å². The fourth-order valence-corrected chi connectivity index (χ4v) is 5.19. The first-order valence-electron chi connectivity index (χ1n) is 8.23. The molecule has 1 aromatic heterocycles. The Bertz CT molecular complexity index is 757. The zero-order chi connectivity index (χ0) is 18.0. The number of carbonyl (C=O) groups excluding carboxylic acids is 1. The smallest absolute Gasteiger partial charge is 0.204 e. The van der Waals surface area contributed by atoms with Gasteiger partial charge in [-0.1, -0.05) is 6.07 Å². The summed E-state index contributed by atoms with van der Waals surface area (Å²) in [6.45, 7) is 0.588. The molecule has 3 rings (SSSR count). The van der Waals surface area contributed by atoms with Gasteiger partial charge >= 0.3 is 0 Å². The van der Waals surface area contributed by atoms with Crippen molar-refractivity contribution >= 4 is 54.7 Å². The standard InChI is InChI=1S/C18H20Br2N2O2S/c19-13-8-10(9-22-11-3-5-12(23)6-4-11)15(16(20)17(13)21)18(24)14-2-1-7-25-14/h1-2,7-8,11-12,22-23H,3-6,9,21H2. The number of nitrogen functional groups attached to an aromatic ring is 1. The van der Waals surface area contributed by atoms with Crippen LogP contribution in [-0.2, 0) is 6.54 Å². The Morgan fingerprint density at radius 2 is 2.04 bits per heavy atom. The van der Waals surface area contributed by atoms with E-state index in [1.165, 1.54) is 11.3 Å². The van der Waals surface area contributed by atoms with Gasteiger partial charge in [-0.25, -0.2) is 0 Å². The predicted octanol–water partition coefficient (Wildman–Crippen LogP) is 4.48. The number of benzene rings is 1. The zero-order valence-corrected chi connectivity index (χ0v) is 17.6. The van der Waals surface area contributed by atoms with Crippen molar-refractivity contribution in [3.05, 3.63) is 48.5 Å². The fraction of sp³-hybridized carbons (Fsp3) is 0.389. The lowest BCUT2D eigenvalue weighted by Gasteiger charge is -2.27. The molecule has 1 fully saturated rings. The minimum atomic E-state index is -0.172. The number of aliphatic hydroxyl groups excluding tert-OH is 1. The minimum absolute atomic E-state index is 0.0167. The number of anilines is 1. The second-order valence-electron chi connectivity index (χ2n) is 6.31. The molecule has 0 bridgehead atoms. The highest BCUT2D eigenvalue weighted by atomic mass is 79.9. The van der Waals surface area contributed by atoms with Crippen LogP contribution in [0.5, 0.6) is 0 Å². The molecule has 25 heavy (non-hydrogen) atoms. The Morgan fingerprint density at radius 3 is 2.68 bits per heavy atom. The second-order valence-corrected chi connectivity index (χ2v) is 8.91. The molecule has 134 valence electrons. The highest BCUT2D eigenvalue weighted by molar-refractivity contribution is 9.11. The van der Waals surface area contributed by atoms with Crippen LogP contribution in [-0.4, -0.2) is 23.0 Å². The van der Waals surface area contributed by atoms with E-state index in [9.17, 15) is 9.90 Å². The van der Waals surface area contributed by atoms with E-state index in [2.05, 4.69) is 37.2 Å². The van der Waals surface area contributed by atoms with E-state index in [1.54, 1.807) is 0 Å². The van der Waals surface area contributed by atoms with Gasteiger partial charge in [0.05, 0.1) is 21.1 Å². The summed E-state index contributed by atoms with van der Waals surface area (Å²) in [5.41, 5.74) is 8.17. The number of nitrogens with one attached hydrogen (secondary N) is 1. The molecule has 2 aromatic rings. The lowest BCUT2D eigenvalue weighted by molar-refractivity contribution is 0.104. The van der Waals surface area contributed by atoms with Gasteiger partial charge in [-0.15, -0.1) is 11.3 Å². The number of halogens is 2. The lowest BCUT2D eigenvalue weighted by atomic mass is 9.92. The molecule has 0 saturated heterocycles. The van der Waals surface area contributed by atoms with Gasteiger partial charge in [0.15, 0.2) is 0 Å². The molecule has 1 heterocycles. The van der Waals surface area contributed by atoms with E-state index in [0.717, 1.165) is 35.7 Å². The van der Waals surface area contributed by atoms with Crippen molar-refractivity contribution in [2.24, 2.45) is 0 Å². The average molecular weight is 488 g/mol. The first-order chi connectivity index (χ1) is 12.0. The molecular weight excluding hydrogens is 468 g/mol. The third kappa shape index (κ3) is 4.34. The van der Waals surface area contributed by atoms with Gasteiger partial charge in [0.1, 0.15) is 0 Å². The van der Waals surface area contributed by atoms with Gasteiger partial charge in [-0.2, -0.15) is 0 Å². The highest BCUT2D eigenvalue weighted by Gasteiger charge is 2.23. The second kappa shape index (κ2) is 8.31. The Kier molecular flexibility index (Phi) is 6.33. The molecule has 0 aliphatic heterocycles. The largest absolute Gasteiger partial charge is 0.397 e. The lowest BCUT2D eigenvalue weighted by Crippen LogP contribution is -2.34. The first kappa shape index (κ1) is 19.0. The summed E-state index contributed by atoms with van der Waals surface area (Å²) in [6.07, 6.45) is 3.38. The molecule has 1 aromatic carbocycles.